The number of ether oxygens (including phenoxy) is 2. The lowest BCUT2D eigenvalue weighted by atomic mass is 10.0. The van der Waals surface area contributed by atoms with Crippen LogP contribution in [0, 0.1) is 5.82 Å². The summed E-state index contributed by atoms with van der Waals surface area (Å²) in [6, 6.07) is 7.78. The van der Waals surface area contributed by atoms with E-state index in [9.17, 15) is 22.4 Å². The van der Waals surface area contributed by atoms with Crippen molar-refractivity contribution in [3.63, 3.8) is 0 Å². The van der Waals surface area contributed by atoms with Crippen LogP contribution in [-0.2, 0) is 11.0 Å². The van der Waals surface area contributed by atoms with Crippen LogP contribution in [0.3, 0.4) is 0 Å². The third-order valence-corrected chi connectivity index (χ3v) is 4.13. The fourth-order valence-corrected chi connectivity index (χ4v) is 2.82. The summed E-state index contributed by atoms with van der Waals surface area (Å²) < 4.78 is 61.9. The molecule has 1 heterocycles. The van der Waals surface area contributed by atoms with E-state index in [-0.39, 0.29) is 12.4 Å². The molecular weight excluding hydrogens is 366 g/mol. The van der Waals surface area contributed by atoms with Gasteiger partial charge in [-0.2, -0.15) is 13.2 Å². The first-order valence-corrected chi connectivity index (χ1v) is 8.34. The molecule has 1 aliphatic heterocycles. The minimum absolute atomic E-state index is 0.147. The van der Waals surface area contributed by atoms with Gasteiger partial charge in [-0.3, -0.25) is 4.79 Å². The molecule has 4 nitrogen and oxygen atoms in total. The maximum atomic E-state index is 13.6. The summed E-state index contributed by atoms with van der Waals surface area (Å²) >= 11 is 0. The van der Waals surface area contributed by atoms with Crippen molar-refractivity contribution in [3.05, 3.63) is 59.4 Å². The van der Waals surface area contributed by atoms with E-state index >= 15 is 0 Å². The first-order valence-electron chi connectivity index (χ1n) is 8.34. The predicted molar refractivity (Wildman–Crippen MR) is 89.0 cm³/mol. The number of hydrogen-bond acceptors (Lipinski definition) is 3. The standard InChI is InChI=1S/C19H17F4NO3/c20-13-5-8-17-15(10-13)16(2-1-9-26-17)24-18(25)11-27-14-6-3-12(4-7-14)19(21,22)23/h3-8,10,16H,1-2,9,11H2,(H,24,25). The van der Waals surface area contributed by atoms with Gasteiger partial charge in [-0.15, -0.1) is 0 Å². The van der Waals surface area contributed by atoms with Crippen LogP contribution < -0.4 is 14.8 Å². The van der Waals surface area contributed by atoms with Crippen LogP contribution in [0.15, 0.2) is 42.5 Å². The van der Waals surface area contributed by atoms with Gasteiger partial charge < -0.3 is 14.8 Å². The third-order valence-electron chi connectivity index (χ3n) is 4.13. The van der Waals surface area contributed by atoms with Crippen LogP contribution in [0.1, 0.15) is 30.0 Å². The van der Waals surface area contributed by atoms with Crippen LogP contribution in [0.5, 0.6) is 11.5 Å². The van der Waals surface area contributed by atoms with E-state index in [1.807, 2.05) is 0 Å². The van der Waals surface area contributed by atoms with Gasteiger partial charge >= 0.3 is 6.18 Å². The van der Waals surface area contributed by atoms with Gasteiger partial charge in [-0.1, -0.05) is 0 Å². The minimum atomic E-state index is -4.43. The third kappa shape index (κ3) is 4.90. The lowest BCUT2D eigenvalue weighted by molar-refractivity contribution is -0.137. The molecule has 1 amide bonds. The molecule has 3 rings (SSSR count). The zero-order valence-corrected chi connectivity index (χ0v) is 14.2. The molecule has 0 saturated carbocycles. The summed E-state index contributed by atoms with van der Waals surface area (Å²) in [5.41, 5.74) is -0.244. The van der Waals surface area contributed by atoms with Gasteiger partial charge in [0.2, 0.25) is 0 Å². The van der Waals surface area contributed by atoms with Crippen molar-refractivity contribution in [2.45, 2.75) is 25.1 Å². The Labute approximate surface area is 153 Å². The number of benzene rings is 2. The highest BCUT2D eigenvalue weighted by Crippen LogP contribution is 2.32. The number of hydrogen-bond donors (Lipinski definition) is 1. The van der Waals surface area contributed by atoms with Crippen molar-refractivity contribution in [2.75, 3.05) is 13.2 Å². The summed E-state index contributed by atoms with van der Waals surface area (Å²) in [4.78, 5) is 12.2. The van der Waals surface area contributed by atoms with E-state index in [4.69, 9.17) is 9.47 Å². The molecule has 0 aromatic heterocycles. The van der Waals surface area contributed by atoms with Crippen LogP contribution >= 0.6 is 0 Å². The molecule has 0 saturated heterocycles. The van der Waals surface area contributed by atoms with Crippen LogP contribution in [-0.4, -0.2) is 19.1 Å². The first-order chi connectivity index (χ1) is 12.8. The van der Waals surface area contributed by atoms with E-state index < -0.39 is 29.5 Å². The molecule has 0 aliphatic carbocycles. The van der Waals surface area contributed by atoms with Gasteiger partial charge in [0.15, 0.2) is 6.61 Å². The van der Waals surface area contributed by atoms with E-state index in [2.05, 4.69) is 5.32 Å². The van der Waals surface area contributed by atoms with Crippen molar-refractivity contribution in [1.82, 2.24) is 5.32 Å². The van der Waals surface area contributed by atoms with Gasteiger partial charge in [0.05, 0.1) is 18.2 Å². The van der Waals surface area contributed by atoms with Gasteiger partial charge in [-0.25, -0.2) is 4.39 Å². The Hall–Kier alpha value is -2.77. The molecule has 0 radical (unpaired) electrons. The molecule has 1 unspecified atom stereocenters. The lowest BCUT2D eigenvalue weighted by Crippen LogP contribution is -2.32. The van der Waals surface area contributed by atoms with Crippen LogP contribution in [0.4, 0.5) is 17.6 Å². The topological polar surface area (TPSA) is 47.6 Å². The van der Waals surface area contributed by atoms with Crippen molar-refractivity contribution < 1.29 is 31.8 Å². The Morgan fingerprint density at radius 2 is 1.93 bits per heavy atom. The van der Waals surface area contributed by atoms with E-state index in [1.165, 1.54) is 18.2 Å². The summed E-state index contributed by atoms with van der Waals surface area (Å²) in [6.45, 7) is 0.0976. The van der Waals surface area contributed by atoms with E-state index in [1.54, 1.807) is 0 Å². The van der Waals surface area contributed by atoms with E-state index in [0.29, 0.717) is 30.8 Å². The minimum Gasteiger partial charge on any atom is -0.493 e. The molecule has 2 aromatic carbocycles. The van der Waals surface area contributed by atoms with Crippen molar-refractivity contribution in [3.8, 4) is 11.5 Å². The number of halogens is 4. The molecule has 1 N–H and O–H groups in total. The van der Waals surface area contributed by atoms with E-state index in [0.717, 1.165) is 24.3 Å². The molecule has 144 valence electrons. The zero-order chi connectivity index (χ0) is 19.4. The summed E-state index contributed by atoms with van der Waals surface area (Å²) in [5.74, 6) is -0.229. The fourth-order valence-electron chi connectivity index (χ4n) is 2.82. The fraction of sp³-hybridized carbons (Fsp3) is 0.316. The van der Waals surface area contributed by atoms with Crippen LogP contribution in [0.25, 0.3) is 0 Å². The highest BCUT2D eigenvalue weighted by atomic mass is 19.4. The normalized spacial score (nSPS) is 16.7. The quantitative estimate of drug-likeness (QED) is 0.803. The number of amides is 1. The number of nitrogens with one attached hydrogen (secondary N) is 1. The van der Waals surface area contributed by atoms with Gasteiger partial charge in [0.25, 0.3) is 5.91 Å². The van der Waals surface area contributed by atoms with Crippen molar-refractivity contribution >= 4 is 5.91 Å². The molecule has 8 heteroatoms. The molecule has 0 fully saturated rings. The maximum Gasteiger partial charge on any atom is 0.416 e. The number of rotatable bonds is 4. The second-order valence-corrected chi connectivity index (χ2v) is 6.10. The molecule has 0 spiro atoms. The van der Waals surface area contributed by atoms with Gasteiger partial charge in [-0.05, 0) is 55.3 Å². The average Bonchev–Trinajstić information content (AvgIpc) is 2.82. The molecule has 1 atom stereocenters. The first kappa shape index (κ1) is 19.0. The monoisotopic (exact) mass is 383 g/mol. The second-order valence-electron chi connectivity index (χ2n) is 6.10. The zero-order valence-electron chi connectivity index (χ0n) is 14.2. The molecular formula is C19H17F4NO3. The Balaban J connectivity index is 1.60. The molecule has 1 aliphatic rings. The highest BCUT2D eigenvalue weighted by molar-refractivity contribution is 5.78. The summed E-state index contributed by atoms with van der Waals surface area (Å²) in [7, 11) is 0. The molecule has 2 aromatic rings. The lowest BCUT2D eigenvalue weighted by Gasteiger charge is -2.18. The van der Waals surface area contributed by atoms with Crippen molar-refractivity contribution in [1.29, 1.82) is 0 Å². The Bertz CT molecular complexity index is 806. The molecule has 27 heavy (non-hydrogen) atoms. The van der Waals surface area contributed by atoms with Crippen molar-refractivity contribution in [2.24, 2.45) is 0 Å². The van der Waals surface area contributed by atoms with Gasteiger partial charge in [0.1, 0.15) is 17.3 Å². The smallest absolute Gasteiger partial charge is 0.416 e. The highest BCUT2D eigenvalue weighted by Gasteiger charge is 2.30. The van der Waals surface area contributed by atoms with Crippen LogP contribution in [0.2, 0.25) is 0 Å². The predicted octanol–water partition coefficient (Wildman–Crippen LogP) is 4.25. The molecule has 0 bridgehead atoms. The van der Waals surface area contributed by atoms with Gasteiger partial charge in [0, 0.05) is 5.56 Å². The Morgan fingerprint density at radius 3 is 2.63 bits per heavy atom. The SMILES string of the molecule is O=C(COc1ccc(C(F)(F)F)cc1)NC1CCCOc2ccc(F)cc21. The number of carbonyl (C=O) groups is 1. The largest absolute Gasteiger partial charge is 0.493 e. The summed E-state index contributed by atoms with van der Waals surface area (Å²) in [5, 5.41) is 2.76. The number of alkyl halides is 3. The number of fused-ring (bicyclic) bond motifs is 1. The Morgan fingerprint density at radius 1 is 1.19 bits per heavy atom. The summed E-state index contributed by atoms with van der Waals surface area (Å²) in [6.07, 6.45) is -3.18. The number of carbonyl (C=O) groups excluding carboxylic acids is 1. The second kappa shape index (κ2) is 7.85. The average molecular weight is 383 g/mol. The maximum absolute atomic E-state index is 13.6. The Kier molecular flexibility index (Phi) is 5.53.